The maximum absolute atomic E-state index is 12.6. The molecule has 1 aromatic rings. The molecule has 1 saturated heterocycles. The SMILES string of the molecule is COc1ccc(CC(=O)O)cc1S(=O)(=O)N1CCOCC1. The van der Waals surface area contributed by atoms with Crippen LogP contribution in [0.15, 0.2) is 23.1 Å². The fourth-order valence-electron chi connectivity index (χ4n) is 2.13. The Balaban J connectivity index is 2.41. The van der Waals surface area contributed by atoms with Crippen molar-refractivity contribution >= 4 is 16.0 Å². The number of carboxylic acid groups (broad SMARTS) is 1. The second-order valence-corrected chi connectivity index (χ2v) is 6.48. The summed E-state index contributed by atoms with van der Waals surface area (Å²) in [7, 11) is -2.35. The Bertz CT molecular complexity index is 622. The third kappa shape index (κ3) is 3.52. The van der Waals surface area contributed by atoms with E-state index in [1.807, 2.05) is 0 Å². The fraction of sp³-hybridized carbons (Fsp3) is 0.462. The molecular weight excluding hydrogens is 298 g/mol. The van der Waals surface area contributed by atoms with Gasteiger partial charge in [0.2, 0.25) is 10.0 Å². The van der Waals surface area contributed by atoms with Crippen molar-refractivity contribution in [3.8, 4) is 5.75 Å². The van der Waals surface area contributed by atoms with Crippen molar-refractivity contribution in [3.63, 3.8) is 0 Å². The zero-order valence-corrected chi connectivity index (χ0v) is 12.4. The van der Waals surface area contributed by atoms with E-state index in [1.165, 1.54) is 23.5 Å². The molecule has 1 heterocycles. The van der Waals surface area contributed by atoms with Gasteiger partial charge in [-0.25, -0.2) is 8.42 Å². The molecule has 8 heteroatoms. The molecule has 2 rings (SSSR count). The summed E-state index contributed by atoms with van der Waals surface area (Å²) >= 11 is 0. The van der Waals surface area contributed by atoms with E-state index in [-0.39, 0.29) is 30.2 Å². The van der Waals surface area contributed by atoms with Crippen LogP contribution in [0.2, 0.25) is 0 Å². The molecule has 0 spiro atoms. The first-order valence-corrected chi connectivity index (χ1v) is 7.86. The molecule has 0 unspecified atom stereocenters. The van der Waals surface area contributed by atoms with Crippen molar-refractivity contribution in [2.75, 3.05) is 33.4 Å². The first-order valence-electron chi connectivity index (χ1n) is 6.42. The Kier molecular flexibility index (Phi) is 4.81. The predicted octanol–water partition coefficient (Wildman–Crippen LogP) is 0.343. The summed E-state index contributed by atoms with van der Waals surface area (Å²) in [5, 5.41) is 8.83. The number of nitrogens with zero attached hydrogens (tertiary/aromatic N) is 1. The van der Waals surface area contributed by atoms with Crippen molar-refractivity contribution in [2.24, 2.45) is 0 Å². The topological polar surface area (TPSA) is 93.1 Å². The standard InChI is InChI=1S/C13H17NO6S/c1-19-11-3-2-10(9-13(15)16)8-12(11)21(17,18)14-4-6-20-7-5-14/h2-3,8H,4-7,9H2,1H3,(H,15,16). The van der Waals surface area contributed by atoms with Crippen LogP contribution in [0.5, 0.6) is 5.75 Å². The highest BCUT2D eigenvalue weighted by atomic mass is 32.2. The summed E-state index contributed by atoms with van der Waals surface area (Å²) < 4.78 is 36.9. The highest BCUT2D eigenvalue weighted by molar-refractivity contribution is 7.89. The number of benzene rings is 1. The maximum Gasteiger partial charge on any atom is 0.307 e. The second-order valence-electron chi connectivity index (χ2n) is 4.57. The minimum Gasteiger partial charge on any atom is -0.495 e. The predicted molar refractivity (Wildman–Crippen MR) is 73.9 cm³/mol. The summed E-state index contributed by atoms with van der Waals surface area (Å²) in [6.45, 7) is 1.23. The van der Waals surface area contributed by atoms with Gasteiger partial charge >= 0.3 is 5.97 Å². The molecule has 21 heavy (non-hydrogen) atoms. The van der Waals surface area contributed by atoms with E-state index in [4.69, 9.17) is 14.6 Å². The molecule has 1 aromatic carbocycles. The molecule has 1 fully saturated rings. The lowest BCUT2D eigenvalue weighted by molar-refractivity contribution is -0.136. The van der Waals surface area contributed by atoms with Gasteiger partial charge < -0.3 is 14.6 Å². The Hall–Kier alpha value is -1.64. The monoisotopic (exact) mass is 315 g/mol. The Labute approximate surface area is 123 Å². The third-order valence-electron chi connectivity index (χ3n) is 3.17. The van der Waals surface area contributed by atoms with E-state index in [0.29, 0.717) is 18.8 Å². The number of carboxylic acids is 1. The van der Waals surface area contributed by atoms with Crippen molar-refractivity contribution < 1.29 is 27.8 Å². The van der Waals surface area contributed by atoms with Gasteiger partial charge in [-0.15, -0.1) is 0 Å². The normalized spacial score (nSPS) is 16.6. The lowest BCUT2D eigenvalue weighted by Crippen LogP contribution is -2.40. The fourth-order valence-corrected chi connectivity index (χ4v) is 3.75. The number of rotatable bonds is 5. The number of sulfonamides is 1. The molecule has 7 nitrogen and oxygen atoms in total. The highest BCUT2D eigenvalue weighted by Crippen LogP contribution is 2.28. The Morgan fingerprint density at radius 2 is 2.05 bits per heavy atom. The molecule has 0 saturated carbocycles. The average Bonchev–Trinajstić information content (AvgIpc) is 2.47. The van der Waals surface area contributed by atoms with Crippen molar-refractivity contribution in [1.29, 1.82) is 0 Å². The highest BCUT2D eigenvalue weighted by Gasteiger charge is 2.29. The van der Waals surface area contributed by atoms with Gasteiger partial charge in [-0.3, -0.25) is 4.79 Å². The third-order valence-corrected chi connectivity index (χ3v) is 5.09. The smallest absolute Gasteiger partial charge is 0.307 e. The van der Waals surface area contributed by atoms with Crippen molar-refractivity contribution in [2.45, 2.75) is 11.3 Å². The second kappa shape index (κ2) is 6.42. The molecule has 0 radical (unpaired) electrons. The van der Waals surface area contributed by atoms with Crippen molar-refractivity contribution in [1.82, 2.24) is 4.31 Å². The van der Waals surface area contributed by atoms with Crippen LogP contribution in [-0.2, 0) is 26.0 Å². The zero-order valence-electron chi connectivity index (χ0n) is 11.6. The van der Waals surface area contributed by atoms with E-state index in [0.717, 1.165) is 0 Å². The number of morpholine rings is 1. The van der Waals surface area contributed by atoms with E-state index >= 15 is 0 Å². The minimum absolute atomic E-state index is 0.00866. The number of methoxy groups -OCH3 is 1. The van der Waals surface area contributed by atoms with Gasteiger partial charge in [-0.1, -0.05) is 6.07 Å². The molecule has 1 N–H and O–H groups in total. The number of aliphatic carboxylic acids is 1. The number of carbonyl (C=O) groups is 1. The Morgan fingerprint density at radius 3 is 2.62 bits per heavy atom. The Morgan fingerprint density at radius 1 is 1.38 bits per heavy atom. The average molecular weight is 315 g/mol. The first-order chi connectivity index (χ1) is 9.95. The lowest BCUT2D eigenvalue weighted by atomic mass is 10.1. The lowest BCUT2D eigenvalue weighted by Gasteiger charge is -2.26. The van der Waals surface area contributed by atoms with Crippen LogP contribution >= 0.6 is 0 Å². The van der Waals surface area contributed by atoms with Crippen LogP contribution in [0.25, 0.3) is 0 Å². The van der Waals surface area contributed by atoms with Gasteiger partial charge in [0.15, 0.2) is 0 Å². The maximum atomic E-state index is 12.6. The van der Waals surface area contributed by atoms with Crippen molar-refractivity contribution in [3.05, 3.63) is 23.8 Å². The van der Waals surface area contributed by atoms with Crippen LogP contribution in [0, 0.1) is 0 Å². The summed E-state index contributed by atoms with van der Waals surface area (Å²) in [5.41, 5.74) is 0.412. The van der Waals surface area contributed by atoms with Gasteiger partial charge in [0, 0.05) is 13.1 Å². The van der Waals surface area contributed by atoms with Crippen LogP contribution in [-0.4, -0.2) is 57.2 Å². The van der Waals surface area contributed by atoms with Crippen LogP contribution < -0.4 is 4.74 Å². The summed E-state index contributed by atoms with van der Waals surface area (Å²) in [4.78, 5) is 10.8. The van der Waals surface area contributed by atoms with E-state index in [9.17, 15) is 13.2 Å². The largest absolute Gasteiger partial charge is 0.495 e. The molecule has 0 amide bonds. The summed E-state index contributed by atoms with van der Waals surface area (Å²) in [5.74, 6) is -0.814. The van der Waals surface area contributed by atoms with Gasteiger partial charge in [-0.05, 0) is 17.7 Å². The number of hydrogen-bond donors (Lipinski definition) is 1. The molecule has 0 aliphatic carbocycles. The first kappa shape index (κ1) is 15.7. The molecule has 1 aliphatic rings. The zero-order chi connectivity index (χ0) is 15.5. The number of ether oxygens (including phenoxy) is 2. The van der Waals surface area contributed by atoms with E-state index in [1.54, 1.807) is 6.07 Å². The minimum atomic E-state index is -3.73. The molecule has 0 atom stereocenters. The van der Waals surface area contributed by atoms with E-state index < -0.39 is 16.0 Å². The van der Waals surface area contributed by atoms with E-state index in [2.05, 4.69) is 0 Å². The van der Waals surface area contributed by atoms with Crippen LogP contribution in [0.4, 0.5) is 0 Å². The molecular formula is C13H17NO6S. The van der Waals surface area contributed by atoms with Gasteiger partial charge in [0.05, 0.1) is 26.7 Å². The van der Waals surface area contributed by atoms with Gasteiger partial charge in [0.25, 0.3) is 0 Å². The molecule has 0 bridgehead atoms. The van der Waals surface area contributed by atoms with Crippen LogP contribution in [0.3, 0.4) is 0 Å². The van der Waals surface area contributed by atoms with Crippen LogP contribution in [0.1, 0.15) is 5.56 Å². The van der Waals surface area contributed by atoms with Gasteiger partial charge in [0.1, 0.15) is 10.6 Å². The molecule has 116 valence electrons. The number of hydrogen-bond acceptors (Lipinski definition) is 5. The quantitative estimate of drug-likeness (QED) is 0.842. The van der Waals surface area contributed by atoms with Gasteiger partial charge in [-0.2, -0.15) is 4.31 Å². The molecule has 1 aliphatic heterocycles. The summed E-state index contributed by atoms with van der Waals surface area (Å²) in [6, 6.07) is 4.38. The summed E-state index contributed by atoms with van der Waals surface area (Å²) in [6.07, 6.45) is -0.240. The molecule has 0 aromatic heterocycles.